The topological polar surface area (TPSA) is 140 Å². The van der Waals surface area contributed by atoms with Crippen LogP contribution in [0.2, 0.25) is 0 Å². The van der Waals surface area contributed by atoms with Crippen molar-refractivity contribution in [2.24, 2.45) is 16.7 Å². The number of carbonyl (C=O) groups excluding carboxylic acids is 3. The van der Waals surface area contributed by atoms with Gasteiger partial charge in [-0.1, -0.05) is 13.5 Å². The van der Waals surface area contributed by atoms with E-state index in [9.17, 15) is 29.7 Å². The van der Waals surface area contributed by atoms with E-state index in [1.54, 1.807) is 27.7 Å². The van der Waals surface area contributed by atoms with Crippen LogP contribution in [-0.2, 0) is 28.6 Å². The van der Waals surface area contributed by atoms with E-state index >= 15 is 0 Å². The van der Waals surface area contributed by atoms with Gasteiger partial charge in [-0.05, 0) is 56.3 Å². The molecule has 9 heteroatoms. The molecule has 8 atom stereocenters. The van der Waals surface area contributed by atoms with Gasteiger partial charge < -0.3 is 29.5 Å². The number of aliphatic hydroxyl groups excluding tert-OH is 2. The Labute approximate surface area is 206 Å². The molecule has 196 valence electrons. The Bertz CT molecular complexity index is 960. The molecule has 0 heterocycles. The summed E-state index contributed by atoms with van der Waals surface area (Å²) < 4.78 is 17.4. The Morgan fingerprint density at radius 2 is 1.51 bits per heavy atom. The summed E-state index contributed by atoms with van der Waals surface area (Å²) in [6, 6.07) is 0. The monoisotopic (exact) mass is 494 g/mol. The van der Waals surface area contributed by atoms with E-state index in [4.69, 9.17) is 14.2 Å². The van der Waals surface area contributed by atoms with Gasteiger partial charge in [-0.2, -0.15) is 0 Å². The minimum atomic E-state index is -1.41. The van der Waals surface area contributed by atoms with E-state index in [1.165, 1.54) is 20.8 Å². The van der Waals surface area contributed by atoms with Gasteiger partial charge in [0.25, 0.3) is 0 Å². The molecule has 3 aliphatic rings. The van der Waals surface area contributed by atoms with Gasteiger partial charge in [0.15, 0.2) is 12.2 Å². The molecule has 2 fully saturated rings. The first-order valence-electron chi connectivity index (χ1n) is 12.0. The highest BCUT2D eigenvalue weighted by molar-refractivity contribution is 5.69. The molecule has 0 aromatic carbocycles. The number of hydrogen-bond acceptors (Lipinski definition) is 9. The molecule has 35 heavy (non-hydrogen) atoms. The summed E-state index contributed by atoms with van der Waals surface area (Å²) in [4.78, 5) is 36.9. The van der Waals surface area contributed by atoms with Gasteiger partial charge in [-0.3, -0.25) is 14.4 Å². The van der Waals surface area contributed by atoms with Crippen molar-refractivity contribution in [3.8, 4) is 0 Å². The molecule has 3 N–H and O–H groups in total. The van der Waals surface area contributed by atoms with Gasteiger partial charge in [-0.15, -0.1) is 0 Å². The van der Waals surface area contributed by atoms with Crippen molar-refractivity contribution < 1.29 is 43.9 Å². The maximum absolute atomic E-state index is 12.4. The van der Waals surface area contributed by atoms with Crippen LogP contribution in [0.1, 0.15) is 67.7 Å². The van der Waals surface area contributed by atoms with Gasteiger partial charge >= 0.3 is 17.9 Å². The molecule has 2 saturated carbocycles. The lowest BCUT2D eigenvalue weighted by molar-refractivity contribution is -0.201. The maximum Gasteiger partial charge on any atom is 0.303 e. The fraction of sp³-hybridized carbons (Fsp3) is 0.731. The standard InChI is InChI=1S/C26H38O9/c1-12-17-10-26(24(6,7)32)11-19(31)13(2)21(26)22(34-15(4)28)23(35-16(5)29)25(17,8)20(9-18(12)30)33-14(3)27/h17-20,22-23,30-32H,1,9-11H2,2-8H3. The molecule has 0 spiro atoms. The third kappa shape index (κ3) is 4.32. The van der Waals surface area contributed by atoms with E-state index in [0.717, 1.165) is 0 Å². The lowest BCUT2D eigenvalue weighted by Crippen LogP contribution is -2.60. The summed E-state index contributed by atoms with van der Waals surface area (Å²) in [5.74, 6) is -2.48. The Balaban J connectivity index is 2.42. The SMILES string of the molecule is C=C1C(O)CC(OC(C)=O)C2(C)C1CC1(C(C)(C)O)CC(O)C(C)=C1C(OC(C)=O)C2OC(C)=O. The first-order valence-corrected chi connectivity index (χ1v) is 12.0. The third-order valence-electron chi connectivity index (χ3n) is 8.53. The van der Waals surface area contributed by atoms with Crippen LogP contribution in [0.15, 0.2) is 23.3 Å². The minimum absolute atomic E-state index is 0.0200. The van der Waals surface area contributed by atoms with Crippen LogP contribution in [0.4, 0.5) is 0 Å². The predicted octanol–water partition coefficient (Wildman–Crippen LogP) is 1.97. The molecule has 3 aliphatic carbocycles. The second-order valence-corrected chi connectivity index (χ2v) is 11.1. The molecule has 0 aromatic rings. The van der Waals surface area contributed by atoms with Crippen molar-refractivity contribution in [3.05, 3.63) is 23.3 Å². The van der Waals surface area contributed by atoms with Gasteiger partial charge in [0.05, 0.1) is 23.2 Å². The smallest absolute Gasteiger partial charge is 0.303 e. The molecule has 3 rings (SSSR count). The molecule has 0 aliphatic heterocycles. The minimum Gasteiger partial charge on any atom is -0.462 e. The fourth-order valence-electron chi connectivity index (χ4n) is 6.73. The van der Waals surface area contributed by atoms with E-state index in [0.29, 0.717) is 16.7 Å². The van der Waals surface area contributed by atoms with Crippen molar-refractivity contribution in [1.29, 1.82) is 0 Å². The number of rotatable bonds is 4. The summed E-state index contributed by atoms with van der Waals surface area (Å²) >= 11 is 0. The normalized spacial score (nSPS) is 39.3. The zero-order valence-corrected chi connectivity index (χ0v) is 21.6. The van der Waals surface area contributed by atoms with E-state index < -0.39 is 70.8 Å². The predicted molar refractivity (Wildman–Crippen MR) is 125 cm³/mol. The van der Waals surface area contributed by atoms with Gasteiger partial charge in [0.1, 0.15) is 6.10 Å². The number of hydrogen-bond donors (Lipinski definition) is 3. The summed E-state index contributed by atoms with van der Waals surface area (Å²) in [5.41, 5.74) is -2.25. The zero-order valence-electron chi connectivity index (χ0n) is 21.6. The number of aliphatic hydroxyl groups is 3. The van der Waals surface area contributed by atoms with Crippen LogP contribution in [0, 0.1) is 16.7 Å². The van der Waals surface area contributed by atoms with Crippen LogP contribution < -0.4 is 0 Å². The quantitative estimate of drug-likeness (QED) is 0.304. The summed E-state index contributed by atoms with van der Waals surface area (Å²) in [6.45, 7) is 14.6. The van der Waals surface area contributed by atoms with E-state index in [2.05, 4.69) is 6.58 Å². The number of ether oxygens (including phenoxy) is 3. The number of esters is 3. The molecule has 0 saturated heterocycles. The average molecular weight is 495 g/mol. The van der Waals surface area contributed by atoms with Crippen LogP contribution in [-0.4, -0.2) is 69.3 Å². The largest absolute Gasteiger partial charge is 0.462 e. The highest BCUT2D eigenvalue weighted by Gasteiger charge is 2.68. The summed E-state index contributed by atoms with van der Waals surface area (Å²) in [6.07, 6.45) is -4.82. The van der Waals surface area contributed by atoms with Crippen LogP contribution >= 0.6 is 0 Å². The van der Waals surface area contributed by atoms with Gasteiger partial charge in [-0.25, -0.2) is 0 Å². The second kappa shape index (κ2) is 9.01. The Hall–Kier alpha value is -2.23. The van der Waals surface area contributed by atoms with Crippen LogP contribution in [0.3, 0.4) is 0 Å². The first-order chi connectivity index (χ1) is 16.0. The Morgan fingerprint density at radius 3 is 2.00 bits per heavy atom. The van der Waals surface area contributed by atoms with E-state index in [1.807, 2.05) is 0 Å². The highest BCUT2D eigenvalue weighted by Crippen LogP contribution is 2.65. The number of fused-ring (bicyclic) bond motifs is 2. The molecular weight excluding hydrogens is 456 g/mol. The van der Waals surface area contributed by atoms with Crippen LogP contribution in [0.25, 0.3) is 0 Å². The van der Waals surface area contributed by atoms with Crippen molar-refractivity contribution in [1.82, 2.24) is 0 Å². The molecule has 9 nitrogen and oxygen atoms in total. The van der Waals surface area contributed by atoms with Crippen molar-refractivity contribution in [3.63, 3.8) is 0 Å². The average Bonchev–Trinajstić information content (AvgIpc) is 2.91. The lowest BCUT2D eigenvalue weighted by Gasteiger charge is -2.53. The summed E-state index contributed by atoms with van der Waals surface area (Å²) in [7, 11) is 0. The zero-order chi connectivity index (χ0) is 26.7. The fourth-order valence-corrected chi connectivity index (χ4v) is 6.73. The van der Waals surface area contributed by atoms with Gasteiger partial charge in [0, 0.05) is 32.6 Å². The first kappa shape index (κ1) is 27.4. The van der Waals surface area contributed by atoms with Crippen LogP contribution in [0.5, 0.6) is 0 Å². The lowest BCUT2D eigenvalue weighted by atomic mass is 9.56. The highest BCUT2D eigenvalue weighted by atomic mass is 16.6. The Kier molecular flexibility index (Phi) is 7.05. The third-order valence-corrected chi connectivity index (χ3v) is 8.53. The van der Waals surface area contributed by atoms with Crippen molar-refractivity contribution in [2.45, 2.75) is 104 Å². The second-order valence-electron chi connectivity index (χ2n) is 11.1. The Morgan fingerprint density at radius 1 is 0.971 bits per heavy atom. The molecule has 0 aromatic heterocycles. The molecule has 0 bridgehead atoms. The van der Waals surface area contributed by atoms with Crippen molar-refractivity contribution >= 4 is 17.9 Å². The molecule has 0 amide bonds. The molecule has 8 unspecified atom stereocenters. The van der Waals surface area contributed by atoms with Crippen molar-refractivity contribution in [2.75, 3.05) is 0 Å². The number of carbonyl (C=O) groups is 3. The summed E-state index contributed by atoms with van der Waals surface area (Å²) in [5, 5.41) is 33.4. The van der Waals surface area contributed by atoms with E-state index in [-0.39, 0.29) is 19.3 Å². The molecular formula is C26H38O9. The molecule has 0 radical (unpaired) electrons. The maximum atomic E-state index is 12.4. The van der Waals surface area contributed by atoms with Gasteiger partial charge in [0.2, 0.25) is 0 Å².